The number of nitrogen functional groups attached to an aromatic ring is 1. The van der Waals surface area contributed by atoms with Crippen LogP contribution in [0.25, 0.3) is 5.65 Å². The summed E-state index contributed by atoms with van der Waals surface area (Å²) in [6.07, 6.45) is 0.188. The Morgan fingerprint density at radius 1 is 1.52 bits per heavy atom. The van der Waals surface area contributed by atoms with E-state index >= 15 is 0 Å². The van der Waals surface area contributed by atoms with Crippen LogP contribution in [0.2, 0.25) is 0 Å². The Balaban J connectivity index is 2.10. The number of ether oxygens (including phenoxy) is 2. The van der Waals surface area contributed by atoms with Crippen LogP contribution in [0.4, 0.5) is 5.82 Å². The highest BCUT2D eigenvalue weighted by Gasteiger charge is 2.65. The number of hydrogen-bond donors (Lipinski definition) is 3. The molecule has 1 saturated heterocycles. The van der Waals surface area contributed by atoms with Crippen molar-refractivity contribution in [3.8, 4) is 6.07 Å². The van der Waals surface area contributed by atoms with Crippen LogP contribution in [0.5, 0.6) is 0 Å². The number of hydrogen-bond acceptors (Lipinski definition) is 9. The average molecular weight is 348 g/mol. The molecule has 0 amide bonds. The third-order valence-electron chi connectivity index (χ3n) is 4.41. The molecule has 1 aliphatic heterocycles. The second-order valence-corrected chi connectivity index (χ2v) is 6.45. The minimum Gasteiger partial charge on any atom is -0.387 e. The highest BCUT2D eigenvalue weighted by atomic mass is 16.6. The highest BCUT2D eigenvalue weighted by molar-refractivity contribution is 5.59. The lowest BCUT2D eigenvalue weighted by atomic mass is 9.80. The summed E-state index contributed by atoms with van der Waals surface area (Å²) in [5.41, 5.74) is 2.31. The Bertz CT molecular complexity index is 829. The van der Waals surface area contributed by atoms with Crippen LogP contribution < -0.4 is 5.73 Å². The molecule has 10 heteroatoms. The maximum atomic E-state index is 10.9. The molecule has 0 bridgehead atoms. The van der Waals surface area contributed by atoms with Crippen molar-refractivity contribution in [1.82, 2.24) is 19.6 Å². The maximum Gasteiger partial charge on any atom is 0.229 e. The predicted octanol–water partition coefficient (Wildman–Crippen LogP) is -0.639. The van der Waals surface area contributed by atoms with E-state index < -0.39 is 23.4 Å². The van der Waals surface area contributed by atoms with Crippen molar-refractivity contribution < 1.29 is 19.7 Å². The Kier molecular flexibility index (Phi) is 4.12. The number of aliphatic hydroxyl groups excluding tert-OH is 1. The van der Waals surface area contributed by atoms with Gasteiger partial charge in [-0.05, 0) is 20.8 Å². The molecule has 1 aliphatic rings. The molecule has 0 aromatic carbocycles. The zero-order chi connectivity index (χ0) is 18.4. The average Bonchev–Trinajstić information content (AvgIpc) is 3.07. The number of nitrogens with two attached hydrogens (primary N) is 1. The second-order valence-electron chi connectivity index (χ2n) is 6.45. The number of aromatic nitrogens is 4. The molecule has 4 atom stereocenters. The highest BCUT2D eigenvalue weighted by Crippen LogP contribution is 2.46. The lowest BCUT2D eigenvalue weighted by Gasteiger charge is -2.32. The van der Waals surface area contributed by atoms with Gasteiger partial charge in [-0.25, -0.2) is 14.5 Å². The zero-order valence-electron chi connectivity index (χ0n) is 14.1. The van der Waals surface area contributed by atoms with Crippen LogP contribution in [0.1, 0.15) is 26.5 Å². The molecular weight excluding hydrogens is 328 g/mol. The molecule has 3 heterocycles. The molecule has 10 nitrogen and oxygen atoms in total. The van der Waals surface area contributed by atoms with E-state index in [9.17, 15) is 15.5 Å². The van der Waals surface area contributed by atoms with Gasteiger partial charge in [0.1, 0.15) is 35.9 Å². The Morgan fingerprint density at radius 2 is 2.24 bits per heavy atom. The molecule has 0 unspecified atom stereocenters. The third-order valence-corrected chi connectivity index (χ3v) is 4.41. The van der Waals surface area contributed by atoms with E-state index in [2.05, 4.69) is 15.1 Å². The SMILES string of the molecule is CC(C)OC[C@H]1O[C@@](C#N)(c2cnc3c(N)ncnn23)[C@](C)(O)[C@@H]1O. The van der Waals surface area contributed by atoms with Gasteiger partial charge in [-0.2, -0.15) is 10.4 Å². The molecule has 0 aliphatic carbocycles. The molecular formula is C15H20N6O4. The number of rotatable bonds is 4. The lowest BCUT2D eigenvalue weighted by molar-refractivity contribution is -0.112. The van der Waals surface area contributed by atoms with Crippen LogP contribution in [0, 0.1) is 11.3 Å². The quantitative estimate of drug-likeness (QED) is 0.655. The van der Waals surface area contributed by atoms with Gasteiger partial charge in [0.2, 0.25) is 5.60 Å². The smallest absolute Gasteiger partial charge is 0.229 e. The van der Waals surface area contributed by atoms with Crippen molar-refractivity contribution in [1.29, 1.82) is 5.26 Å². The fraction of sp³-hybridized carbons (Fsp3) is 0.600. The van der Waals surface area contributed by atoms with Crippen LogP contribution in [-0.4, -0.2) is 60.3 Å². The van der Waals surface area contributed by atoms with Crippen molar-refractivity contribution in [2.24, 2.45) is 0 Å². The molecule has 2 aromatic heterocycles. The summed E-state index contributed by atoms with van der Waals surface area (Å²) < 4.78 is 12.6. The van der Waals surface area contributed by atoms with E-state index in [0.29, 0.717) is 0 Å². The molecule has 1 fully saturated rings. The first kappa shape index (κ1) is 17.5. The largest absolute Gasteiger partial charge is 0.387 e. The summed E-state index contributed by atoms with van der Waals surface area (Å²) in [4.78, 5) is 7.94. The monoisotopic (exact) mass is 348 g/mol. The van der Waals surface area contributed by atoms with Gasteiger partial charge in [0.05, 0.1) is 18.9 Å². The van der Waals surface area contributed by atoms with Gasteiger partial charge in [0, 0.05) is 0 Å². The van der Waals surface area contributed by atoms with Crippen LogP contribution in [0.3, 0.4) is 0 Å². The Morgan fingerprint density at radius 3 is 2.88 bits per heavy atom. The summed E-state index contributed by atoms with van der Waals surface area (Å²) in [5, 5.41) is 35.4. The first-order valence-electron chi connectivity index (χ1n) is 7.80. The minimum absolute atomic E-state index is 0.0201. The molecule has 0 saturated carbocycles. The maximum absolute atomic E-state index is 10.9. The standard InChI is InChI=1S/C15H20N6O4/c1-8(2)24-5-9-11(22)14(3,23)15(6-16,25-9)10-4-18-13-12(17)19-7-20-21(10)13/h4,7-9,11,22-23H,5H2,1-3H3,(H2,17,19,20)/t9-,11-,14-,15+/m1/s1. The van der Waals surface area contributed by atoms with E-state index in [-0.39, 0.29) is 29.9 Å². The molecule has 134 valence electrons. The van der Waals surface area contributed by atoms with Gasteiger partial charge in [0.25, 0.3) is 0 Å². The van der Waals surface area contributed by atoms with E-state index in [1.807, 2.05) is 19.9 Å². The van der Waals surface area contributed by atoms with Crippen molar-refractivity contribution in [3.63, 3.8) is 0 Å². The number of aliphatic hydroxyl groups is 2. The van der Waals surface area contributed by atoms with Gasteiger partial charge in [0.15, 0.2) is 11.5 Å². The van der Waals surface area contributed by atoms with E-state index in [4.69, 9.17) is 15.2 Å². The Hall–Kier alpha value is -2.32. The molecule has 2 aromatic rings. The number of fused-ring (bicyclic) bond motifs is 1. The van der Waals surface area contributed by atoms with Crippen LogP contribution >= 0.6 is 0 Å². The normalized spacial score (nSPS) is 32.4. The summed E-state index contributed by atoms with van der Waals surface area (Å²) in [7, 11) is 0. The van der Waals surface area contributed by atoms with Crippen molar-refractivity contribution in [2.45, 2.75) is 50.3 Å². The summed E-state index contributed by atoms with van der Waals surface area (Å²) in [5.74, 6) is 0.118. The number of nitriles is 1. The first-order chi connectivity index (χ1) is 11.7. The summed E-state index contributed by atoms with van der Waals surface area (Å²) in [6, 6.07) is 1.98. The number of imidazole rings is 1. The van der Waals surface area contributed by atoms with Gasteiger partial charge in [-0.15, -0.1) is 0 Å². The van der Waals surface area contributed by atoms with Gasteiger partial charge in [-0.3, -0.25) is 0 Å². The number of nitrogens with zero attached hydrogens (tertiary/aromatic N) is 5. The van der Waals surface area contributed by atoms with Gasteiger partial charge >= 0.3 is 0 Å². The van der Waals surface area contributed by atoms with Crippen LogP contribution in [0.15, 0.2) is 12.5 Å². The number of anilines is 1. The molecule has 4 N–H and O–H groups in total. The fourth-order valence-electron chi connectivity index (χ4n) is 2.98. The zero-order valence-corrected chi connectivity index (χ0v) is 14.1. The first-order valence-corrected chi connectivity index (χ1v) is 7.80. The summed E-state index contributed by atoms with van der Waals surface area (Å²) >= 11 is 0. The van der Waals surface area contributed by atoms with Crippen molar-refractivity contribution in [3.05, 3.63) is 18.2 Å². The fourth-order valence-corrected chi connectivity index (χ4v) is 2.98. The molecule has 3 rings (SSSR count). The molecule has 0 radical (unpaired) electrons. The molecule has 25 heavy (non-hydrogen) atoms. The lowest BCUT2D eigenvalue weighted by Crippen LogP contribution is -2.52. The molecule has 0 spiro atoms. The van der Waals surface area contributed by atoms with E-state index in [1.54, 1.807) is 0 Å². The van der Waals surface area contributed by atoms with Crippen molar-refractivity contribution >= 4 is 11.5 Å². The summed E-state index contributed by atoms with van der Waals surface area (Å²) in [6.45, 7) is 5.02. The minimum atomic E-state index is -1.93. The van der Waals surface area contributed by atoms with E-state index in [0.717, 1.165) is 0 Å². The van der Waals surface area contributed by atoms with E-state index in [1.165, 1.54) is 24.0 Å². The van der Waals surface area contributed by atoms with Gasteiger partial charge in [-0.1, -0.05) is 0 Å². The Labute approximate surface area is 143 Å². The third kappa shape index (κ3) is 2.44. The topological polar surface area (TPSA) is 152 Å². The van der Waals surface area contributed by atoms with Crippen molar-refractivity contribution in [2.75, 3.05) is 12.3 Å². The van der Waals surface area contributed by atoms with Crippen LogP contribution in [-0.2, 0) is 15.1 Å². The predicted molar refractivity (Wildman–Crippen MR) is 85.1 cm³/mol. The second kappa shape index (κ2) is 5.89. The van der Waals surface area contributed by atoms with Gasteiger partial charge < -0.3 is 25.4 Å².